The van der Waals surface area contributed by atoms with Crippen molar-refractivity contribution in [1.29, 1.82) is 0 Å². The van der Waals surface area contributed by atoms with Crippen LogP contribution in [0.3, 0.4) is 0 Å². The highest BCUT2D eigenvalue weighted by Gasteiger charge is 2.24. The molecule has 1 aromatic heterocycles. The second-order valence-corrected chi connectivity index (χ2v) is 7.16. The van der Waals surface area contributed by atoms with Crippen molar-refractivity contribution in [2.75, 3.05) is 20.1 Å². The normalized spacial score (nSPS) is 23.7. The fourth-order valence-corrected chi connectivity index (χ4v) is 3.77. The quantitative estimate of drug-likeness (QED) is 0.931. The Labute approximate surface area is 138 Å². The van der Waals surface area contributed by atoms with Gasteiger partial charge in [0.2, 0.25) is 0 Å². The third-order valence-electron chi connectivity index (χ3n) is 5.03. The molecule has 1 amide bonds. The number of likely N-dealkylation sites (N-methyl/N-ethyl adjacent to an activating group) is 1. The second-order valence-electron chi connectivity index (χ2n) is 7.16. The van der Waals surface area contributed by atoms with Gasteiger partial charge in [0.1, 0.15) is 11.5 Å². The van der Waals surface area contributed by atoms with E-state index in [2.05, 4.69) is 27.2 Å². The van der Waals surface area contributed by atoms with Crippen molar-refractivity contribution in [3.63, 3.8) is 0 Å². The molecule has 0 spiro atoms. The Morgan fingerprint density at radius 3 is 2.70 bits per heavy atom. The first-order valence-electron chi connectivity index (χ1n) is 8.97. The molecule has 1 N–H and O–H groups in total. The van der Waals surface area contributed by atoms with E-state index in [1.54, 1.807) is 0 Å². The van der Waals surface area contributed by atoms with E-state index in [0.717, 1.165) is 43.9 Å². The van der Waals surface area contributed by atoms with Crippen molar-refractivity contribution in [3.8, 4) is 0 Å². The van der Waals surface area contributed by atoms with Gasteiger partial charge in [-0.2, -0.15) is 0 Å². The van der Waals surface area contributed by atoms with Crippen molar-refractivity contribution in [1.82, 2.24) is 20.2 Å². The number of amides is 1. The summed E-state index contributed by atoms with van der Waals surface area (Å²) in [5.74, 6) is 1.15. The summed E-state index contributed by atoms with van der Waals surface area (Å²) in [6, 6.07) is 2.13. The largest absolute Gasteiger partial charge is 0.348 e. The number of aromatic nitrogens is 2. The van der Waals surface area contributed by atoms with E-state index in [0.29, 0.717) is 17.7 Å². The first kappa shape index (κ1) is 16.4. The zero-order valence-electron chi connectivity index (χ0n) is 14.3. The van der Waals surface area contributed by atoms with Crippen LogP contribution in [0.1, 0.15) is 72.9 Å². The van der Waals surface area contributed by atoms with Crippen molar-refractivity contribution >= 4 is 5.91 Å². The van der Waals surface area contributed by atoms with E-state index in [4.69, 9.17) is 0 Å². The molecule has 3 rings (SSSR count). The number of hydrogen-bond acceptors (Lipinski definition) is 4. The number of nitrogens with zero attached hydrogens (tertiary/aromatic N) is 3. The number of nitrogens with one attached hydrogen (secondary N) is 1. The standard InChI is InChI=1S/C18H28N4O/c1-13-11-16(18(23)20-15-8-4-3-5-9-15)21-17(19-13)14-7-6-10-22(2)12-14/h11,14-15H,3-10,12H2,1-2H3,(H,20,23)/t14-/m0/s1. The molecule has 1 aliphatic heterocycles. The highest BCUT2D eigenvalue weighted by atomic mass is 16.1. The SMILES string of the molecule is Cc1cc(C(=O)NC2CCCCC2)nc([C@H]2CCCN(C)C2)n1. The van der Waals surface area contributed by atoms with Crippen LogP contribution in [0.4, 0.5) is 0 Å². The molecule has 2 aliphatic rings. The lowest BCUT2D eigenvalue weighted by atomic mass is 9.95. The average Bonchev–Trinajstić information content (AvgIpc) is 2.55. The Hall–Kier alpha value is -1.49. The Bertz CT molecular complexity index is 554. The maximum Gasteiger partial charge on any atom is 0.270 e. The summed E-state index contributed by atoms with van der Waals surface area (Å²) < 4.78 is 0. The lowest BCUT2D eigenvalue weighted by molar-refractivity contribution is 0.0921. The van der Waals surface area contributed by atoms with Crippen LogP contribution in [-0.4, -0.2) is 47.0 Å². The van der Waals surface area contributed by atoms with Gasteiger partial charge in [-0.3, -0.25) is 4.79 Å². The molecule has 5 nitrogen and oxygen atoms in total. The molecular formula is C18H28N4O. The monoisotopic (exact) mass is 316 g/mol. The van der Waals surface area contributed by atoms with Crippen molar-refractivity contribution in [2.24, 2.45) is 0 Å². The van der Waals surface area contributed by atoms with Crippen LogP contribution in [-0.2, 0) is 0 Å². The van der Waals surface area contributed by atoms with Gasteiger partial charge >= 0.3 is 0 Å². The topological polar surface area (TPSA) is 58.1 Å². The molecule has 1 saturated heterocycles. The zero-order chi connectivity index (χ0) is 16.2. The molecule has 1 aliphatic carbocycles. The van der Waals surface area contributed by atoms with Gasteiger partial charge in [0.25, 0.3) is 5.91 Å². The lowest BCUT2D eigenvalue weighted by Gasteiger charge is -2.29. The third kappa shape index (κ3) is 4.28. The molecule has 126 valence electrons. The van der Waals surface area contributed by atoms with Crippen molar-refractivity contribution in [3.05, 3.63) is 23.3 Å². The Morgan fingerprint density at radius 1 is 1.17 bits per heavy atom. The maximum absolute atomic E-state index is 12.6. The molecule has 2 fully saturated rings. The number of piperidine rings is 1. The van der Waals surface area contributed by atoms with Gasteiger partial charge in [0.05, 0.1) is 0 Å². The van der Waals surface area contributed by atoms with E-state index < -0.39 is 0 Å². The molecule has 1 atom stereocenters. The molecule has 5 heteroatoms. The Kier molecular flexibility index (Phi) is 5.26. The van der Waals surface area contributed by atoms with Gasteiger partial charge in [0, 0.05) is 24.2 Å². The predicted molar refractivity (Wildman–Crippen MR) is 90.6 cm³/mol. The minimum atomic E-state index is -0.0344. The van der Waals surface area contributed by atoms with Gasteiger partial charge in [-0.1, -0.05) is 19.3 Å². The van der Waals surface area contributed by atoms with Gasteiger partial charge in [-0.15, -0.1) is 0 Å². The van der Waals surface area contributed by atoms with E-state index in [1.807, 2.05) is 13.0 Å². The van der Waals surface area contributed by atoms with E-state index in [1.165, 1.54) is 25.7 Å². The molecule has 0 bridgehead atoms. The molecule has 0 radical (unpaired) electrons. The summed E-state index contributed by atoms with van der Waals surface area (Å²) in [6.45, 7) is 4.07. The number of hydrogen-bond donors (Lipinski definition) is 1. The Balaban J connectivity index is 1.72. The van der Waals surface area contributed by atoms with Crippen LogP contribution in [0.5, 0.6) is 0 Å². The average molecular weight is 316 g/mol. The minimum Gasteiger partial charge on any atom is -0.348 e. The zero-order valence-corrected chi connectivity index (χ0v) is 14.3. The fourth-order valence-electron chi connectivity index (χ4n) is 3.77. The maximum atomic E-state index is 12.6. The van der Waals surface area contributed by atoms with Gasteiger partial charge < -0.3 is 10.2 Å². The molecule has 2 heterocycles. The smallest absolute Gasteiger partial charge is 0.270 e. The van der Waals surface area contributed by atoms with Crippen molar-refractivity contribution in [2.45, 2.75) is 63.8 Å². The molecule has 1 aromatic rings. The Morgan fingerprint density at radius 2 is 1.96 bits per heavy atom. The van der Waals surface area contributed by atoms with Gasteiger partial charge in [0.15, 0.2) is 0 Å². The highest BCUT2D eigenvalue weighted by Crippen LogP contribution is 2.24. The summed E-state index contributed by atoms with van der Waals surface area (Å²) in [7, 11) is 2.14. The van der Waals surface area contributed by atoms with E-state index in [9.17, 15) is 4.79 Å². The molecule has 0 aromatic carbocycles. The predicted octanol–water partition coefficient (Wildman–Crippen LogP) is 2.66. The van der Waals surface area contributed by atoms with Gasteiger partial charge in [-0.05, 0) is 52.3 Å². The number of aryl methyl sites for hydroxylation is 1. The fraction of sp³-hybridized carbons (Fsp3) is 0.722. The van der Waals surface area contributed by atoms with Crippen molar-refractivity contribution < 1.29 is 4.79 Å². The highest BCUT2D eigenvalue weighted by molar-refractivity contribution is 5.92. The number of rotatable bonds is 3. The summed E-state index contributed by atoms with van der Waals surface area (Å²) >= 11 is 0. The molecular weight excluding hydrogens is 288 g/mol. The third-order valence-corrected chi connectivity index (χ3v) is 5.03. The second kappa shape index (κ2) is 7.39. The summed E-state index contributed by atoms with van der Waals surface area (Å²) in [5, 5.41) is 3.16. The van der Waals surface area contributed by atoms with Gasteiger partial charge in [-0.25, -0.2) is 9.97 Å². The van der Waals surface area contributed by atoms with E-state index >= 15 is 0 Å². The van der Waals surface area contributed by atoms with Crippen LogP contribution in [0.25, 0.3) is 0 Å². The molecule has 1 saturated carbocycles. The summed E-state index contributed by atoms with van der Waals surface area (Å²) in [5.41, 5.74) is 1.42. The molecule has 23 heavy (non-hydrogen) atoms. The summed E-state index contributed by atoms with van der Waals surface area (Å²) in [6.07, 6.45) is 8.19. The molecule has 0 unspecified atom stereocenters. The van der Waals surface area contributed by atoms with Crippen LogP contribution < -0.4 is 5.32 Å². The summed E-state index contributed by atoms with van der Waals surface area (Å²) in [4.78, 5) is 24.1. The van der Waals surface area contributed by atoms with Crippen LogP contribution >= 0.6 is 0 Å². The van der Waals surface area contributed by atoms with Crippen LogP contribution in [0.15, 0.2) is 6.07 Å². The first-order valence-corrected chi connectivity index (χ1v) is 8.97. The lowest BCUT2D eigenvalue weighted by Crippen LogP contribution is -2.37. The minimum absolute atomic E-state index is 0.0344. The number of carbonyl (C=O) groups is 1. The first-order chi connectivity index (χ1) is 11.1. The number of carbonyl (C=O) groups excluding carboxylic acids is 1. The van der Waals surface area contributed by atoms with Crippen LogP contribution in [0, 0.1) is 6.92 Å². The van der Waals surface area contributed by atoms with Crippen LogP contribution in [0.2, 0.25) is 0 Å². The number of likely N-dealkylation sites (tertiary alicyclic amines) is 1. The van der Waals surface area contributed by atoms with E-state index in [-0.39, 0.29) is 5.91 Å².